The first-order valence-electron chi connectivity index (χ1n) is 12.2. The number of esters is 2. The number of hydrogen-bond acceptors (Lipinski definition) is 7. The number of likely N-dealkylation sites (N-methyl/N-ethyl adjacent to an activating group) is 1. The predicted octanol–water partition coefficient (Wildman–Crippen LogP) is 5.03. The van der Waals surface area contributed by atoms with Gasteiger partial charge in [0.25, 0.3) is 5.91 Å². The molecule has 3 rings (SSSR count). The fourth-order valence-electron chi connectivity index (χ4n) is 3.45. The second kappa shape index (κ2) is 14.9. The Balaban J connectivity index is 0.00000247. The summed E-state index contributed by atoms with van der Waals surface area (Å²) in [6.07, 6.45) is 5.34. The van der Waals surface area contributed by atoms with Gasteiger partial charge in [-0.2, -0.15) is 0 Å². The molecule has 1 aromatic heterocycles. The molecule has 0 saturated carbocycles. The molecule has 0 saturated heterocycles. The Morgan fingerprint density at radius 3 is 1.89 bits per heavy atom. The van der Waals surface area contributed by atoms with Crippen molar-refractivity contribution in [1.82, 2.24) is 9.88 Å². The lowest BCUT2D eigenvalue weighted by atomic mass is 9.99. The SMILES string of the molecule is CC.COC(=O)C(Cc1ccc(Oc2ccc(/C(=C\c3cccnc3)C(=O)N(C)C)cc2)cc1)C(=O)OC. The summed E-state index contributed by atoms with van der Waals surface area (Å²) in [5.41, 5.74) is 2.86. The summed E-state index contributed by atoms with van der Waals surface area (Å²) >= 11 is 0. The van der Waals surface area contributed by atoms with Crippen molar-refractivity contribution in [1.29, 1.82) is 0 Å². The number of nitrogens with zero attached hydrogens (tertiary/aromatic N) is 2. The molecule has 0 aliphatic heterocycles. The van der Waals surface area contributed by atoms with E-state index < -0.39 is 17.9 Å². The summed E-state index contributed by atoms with van der Waals surface area (Å²) in [6, 6.07) is 18.0. The van der Waals surface area contributed by atoms with Crippen molar-refractivity contribution >= 4 is 29.5 Å². The smallest absolute Gasteiger partial charge is 0.320 e. The second-order valence-corrected chi connectivity index (χ2v) is 8.12. The van der Waals surface area contributed by atoms with E-state index in [0.29, 0.717) is 17.1 Å². The summed E-state index contributed by atoms with van der Waals surface area (Å²) in [7, 11) is 5.88. The second-order valence-electron chi connectivity index (χ2n) is 8.12. The molecular formula is C30H34N2O6. The number of hydrogen-bond donors (Lipinski definition) is 0. The van der Waals surface area contributed by atoms with Crippen molar-refractivity contribution in [2.24, 2.45) is 5.92 Å². The van der Waals surface area contributed by atoms with E-state index in [-0.39, 0.29) is 12.3 Å². The highest BCUT2D eigenvalue weighted by molar-refractivity contribution is 6.24. The van der Waals surface area contributed by atoms with Gasteiger partial charge in [0.15, 0.2) is 5.92 Å². The number of ether oxygens (including phenoxy) is 3. The molecule has 0 unspecified atom stereocenters. The maximum atomic E-state index is 12.8. The van der Waals surface area contributed by atoms with Gasteiger partial charge >= 0.3 is 11.9 Å². The molecule has 8 nitrogen and oxygen atoms in total. The highest BCUT2D eigenvalue weighted by Crippen LogP contribution is 2.26. The lowest BCUT2D eigenvalue weighted by Crippen LogP contribution is -2.28. The van der Waals surface area contributed by atoms with Crippen LogP contribution in [0.1, 0.15) is 30.5 Å². The van der Waals surface area contributed by atoms with Gasteiger partial charge < -0.3 is 19.1 Å². The monoisotopic (exact) mass is 518 g/mol. The predicted molar refractivity (Wildman–Crippen MR) is 146 cm³/mol. The molecule has 8 heteroatoms. The Morgan fingerprint density at radius 2 is 1.42 bits per heavy atom. The van der Waals surface area contributed by atoms with E-state index in [0.717, 1.165) is 16.7 Å². The van der Waals surface area contributed by atoms with Crippen LogP contribution in [0.5, 0.6) is 11.5 Å². The van der Waals surface area contributed by atoms with Crippen LogP contribution in [-0.4, -0.2) is 56.0 Å². The van der Waals surface area contributed by atoms with Crippen LogP contribution >= 0.6 is 0 Å². The van der Waals surface area contributed by atoms with Crippen LogP contribution in [0.4, 0.5) is 0 Å². The lowest BCUT2D eigenvalue weighted by Gasteiger charge is -2.15. The summed E-state index contributed by atoms with van der Waals surface area (Å²) in [5, 5.41) is 0. The molecule has 1 amide bonds. The number of carbonyl (C=O) groups excluding carboxylic acids is 3. The molecule has 0 bridgehead atoms. The van der Waals surface area contributed by atoms with Crippen LogP contribution in [0, 0.1) is 5.92 Å². The van der Waals surface area contributed by atoms with Gasteiger partial charge in [0.05, 0.1) is 14.2 Å². The number of aromatic nitrogens is 1. The molecule has 0 fully saturated rings. The minimum atomic E-state index is -1.03. The molecule has 2 aromatic carbocycles. The van der Waals surface area contributed by atoms with Gasteiger partial charge in [0.2, 0.25) is 0 Å². The maximum Gasteiger partial charge on any atom is 0.320 e. The average Bonchev–Trinajstić information content (AvgIpc) is 2.96. The van der Waals surface area contributed by atoms with Gasteiger partial charge in [-0.3, -0.25) is 19.4 Å². The van der Waals surface area contributed by atoms with E-state index in [1.807, 2.05) is 38.1 Å². The standard InChI is InChI=1S/C28H28N2O6.C2H6/c1-30(2)26(31)24(17-20-6-5-15-29-18-20)21-9-13-23(14-10-21)36-22-11-7-19(8-12-22)16-25(27(32)34-3)28(33)35-4;1-2/h5-15,17-18,25H,16H2,1-4H3;1-2H3/b24-17+;. The van der Waals surface area contributed by atoms with Gasteiger partial charge in [-0.1, -0.05) is 44.2 Å². The number of rotatable bonds is 9. The van der Waals surface area contributed by atoms with Crippen LogP contribution in [0.15, 0.2) is 73.1 Å². The van der Waals surface area contributed by atoms with E-state index in [9.17, 15) is 14.4 Å². The number of amides is 1. The van der Waals surface area contributed by atoms with E-state index in [1.165, 1.54) is 19.1 Å². The van der Waals surface area contributed by atoms with Gasteiger partial charge in [0.1, 0.15) is 11.5 Å². The molecule has 3 aromatic rings. The molecule has 1 heterocycles. The highest BCUT2D eigenvalue weighted by Gasteiger charge is 2.28. The zero-order chi connectivity index (χ0) is 28.1. The normalized spacial score (nSPS) is 10.7. The Morgan fingerprint density at radius 1 is 0.868 bits per heavy atom. The van der Waals surface area contributed by atoms with Crippen LogP contribution in [0.3, 0.4) is 0 Å². The first kappa shape index (κ1) is 29.8. The van der Waals surface area contributed by atoms with Gasteiger partial charge in [-0.05, 0) is 59.5 Å². The average molecular weight is 519 g/mol. The van der Waals surface area contributed by atoms with Crippen LogP contribution in [0.25, 0.3) is 11.6 Å². The van der Waals surface area contributed by atoms with Crippen LogP contribution < -0.4 is 4.74 Å². The van der Waals surface area contributed by atoms with E-state index in [4.69, 9.17) is 14.2 Å². The topological polar surface area (TPSA) is 95.0 Å². The van der Waals surface area contributed by atoms with Crippen molar-refractivity contribution in [2.45, 2.75) is 20.3 Å². The number of methoxy groups -OCH3 is 2. The van der Waals surface area contributed by atoms with Gasteiger partial charge in [-0.15, -0.1) is 0 Å². The maximum absolute atomic E-state index is 12.8. The molecule has 0 spiro atoms. The highest BCUT2D eigenvalue weighted by atomic mass is 16.5. The van der Waals surface area contributed by atoms with Gasteiger partial charge in [0, 0.05) is 32.1 Å². The molecule has 0 atom stereocenters. The van der Waals surface area contributed by atoms with E-state index >= 15 is 0 Å². The largest absolute Gasteiger partial charge is 0.468 e. The Labute approximate surface area is 223 Å². The summed E-state index contributed by atoms with van der Waals surface area (Å²) < 4.78 is 15.3. The van der Waals surface area contributed by atoms with Crippen molar-refractivity contribution in [2.75, 3.05) is 28.3 Å². The fraction of sp³-hybridized carbons (Fsp3) is 0.267. The first-order chi connectivity index (χ1) is 18.3. The molecular weight excluding hydrogens is 484 g/mol. The fourth-order valence-corrected chi connectivity index (χ4v) is 3.45. The van der Waals surface area contributed by atoms with Gasteiger partial charge in [-0.25, -0.2) is 0 Å². The molecule has 0 aliphatic rings. The Hall–Kier alpha value is -4.46. The minimum absolute atomic E-state index is 0.125. The summed E-state index contributed by atoms with van der Waals surface area (Å²) in [4.78, 5) is 42.2. The third-order valence-electron chi connectivity index (χ3n) is 5.37. The van der Waals surface area contributed by atoms with Crippen molar-refractivity contribution in [3.8, 4) is 11.5 Å². The molecule has 0 radical (unpaired) electrons. The molecule has 200 valence electrons. The number of carbonyl (C=O) groups is 3. The van der Waals surface area contributed by atoms with Crippen molar-refractivity contribution < 1.29 is 28.6 Å². The minimum Gasteiger partial charge on any atom is -0.468 e. The zero-order valence-corrected chi connectivity index (χ0v) is 22.6. The number of pyridine rings is 1. The van der Waals surface area contributed by atoms with Crippen LogP contribution in [0.2, 0.25) is 0 Å². The zero-order valence-electron chi connectivity index (χ0n) is 22.6. The third-order valence-corrected chi connectivity index (χ3v) is 5.37. The summed E-state index contributed by atoms with van der Waals surface area (Å²) in [6.45, 7) is 4.00. The van der Waals surface area contributed by atoms with E-state index in [1.54, 1.807) is 69.0 Å². The van der Waals surface area contributed by atoms with Crippen LogP contribution in [-0.2, 0) is 30.3 Å². The van der Waals surface area contributed by atoms with Crippen molar-refractivity contribution in [3.63, 3.8) is 0 Å². The molecule has 0 N–H and O–H groups in total. The first-order valence-corrected chi connectivity index (χ1v) is 12.2. The number of benzene rings is 2. The quantitative estimate of drug-likeness (QED) is 0.223. The van der Waals surface area contributed by atoms with E-state index in [2.05, 4.69) is 4.98 Å². The lowest BCUT2D eigenvalue weighted by molar-refractivity contribution is -0.158. The molecule has 0 aliphatic carbocycles. The molecule has 38 heavy (non-hydrogen) atoms. The Kier molecular flexibility index (Phi) is 11.7. The van der Waals surface area contributed by atoms with Crippen molar-refractivity contribution in [3.05, 3.63) is 89.7 Å². The Bertz CT molecular complexity index is 1200. The third kappa shape index (κ3) is 8.30. The summed E-state index contributed by atoms with van der Waals surface area (Å²) in [5.74, 6) is -1.28.